The van der Waals surface area contributed by atoms with Crippen molar-refractivity contribution >= 4 is 30.3 Å². The fourth-order valence-corrected chi connectivity index (χ4v) is 5.40. The van der Waals surface area contributed by atoms with E-state index in [4.69, 9.17) is 29.8 Å². The van der Waals surface area contributed by atoms with Crippen molar-refractivity contribution in [2.24, 2.45) is 11.7 Å². The summed E-state index contributed by atoms with van der Waals surface area (Å²) in [5, 5.41) is 22.3. The minimum absolute atomic E-state index is 0.0381. The SMILES string of the molecule is CC(=O)N[C@H](COC(=O)N[C@@H](CCCCN)COC(=O)N[C@H](COC(=O)N[C@H](COC(=O)NCCO)CC(C)C)Cc1ccccc1)Cc1ccccc1. The number of amides is 5. The Hall–Kier alpha value is -5.09. The highest BCUT2D eigenvalue weighted by atomic mass is 16.6. The predicted molar refractivity (Wildman–Crippen MR) is 202 cm³/mol. The molecule has 4 atom stereocenters. The second-order valence-electron chi connectivity index (χ2n) is 13.3. The van der Waals surface area contributed by atoms with Gasteiger partial charge < -0.3 is 56.4 Å². The van der Waals surface area contributed by atoms with Gasteiger partial charge in [0.05, 0.1) is 30.8 Å². The zero-order valence-electron chi connectivity index (χ0n) is 31.6. The Balaban J connectivity index is 1.99. The van der Waals surface area contributed by atoms with E-state index in [2.05, 4.69) is 26.6 Å². The predicted octanol–water partition coefficient (Wildman–Crippen LogP) is 3.15. The number of ether oxygens (including phenoxy) is 4. The van der Waals surface area contributed by atoms with Crippen molar-refractivity contribution in [3.05, 3.63) is 71.8 Å². The highest BCUT2D eigenvalue weighted by Gasteiger charge is 2.22. The van der Waals surface area contributed by atoms with Crippen LogP contribution in [0.1, 0.15) is 57.6 Å². The maximum Gasteiger partial charge on any atom is 0.407 e. The third kappa shape index (κ3) is 21.4. The number of aliphatic hydroxyl groups excluding tert-OH is 1. The fraction of sp³-hybridized carbons (Fsp3) is 0.553. The van der Waals surface area contributed by atoms with E-state index in [0.717, 1.165) is 11.1 Å². The Bertz CT molecular complexity index is 1390. The summed E-state index contributed by atoms with van der Waals surface area (Å²) >= 11 is 0. The molecule has 0 aliphatic rings. The number of benzene rings is 2. The number of carbonyl (C=O) groups is 5. The first-order valence-corrected chi connectivity index (χ1v) is 18.3. The number of carbonyl (C=O) groups excluding carboxylic acids is 5. The van der Waals surface area contributed by atoms with Crippen LogP contribution in [-0.4, -0.2) is 106 Å². The van der Waals surface area contributed by atoms with E-state index in [9.17, 15) is 24.0 Å². The average molecular weight is 759 g/mol. The van der Waals surface area contributed by atoms with Crippen molar-refractivity contribution in [3.8, 4) is 0 Å². The molecule has 16 nitrogen and oxygen atoms in total. The molecule has 0 saturated heterocycles. The maximum atomic E-state index is 13.1. The topological polar surface area (TPSA) is 229 Å². The molecule has 300 valence electrons. The highest BCUT2D eigenvalue weighted by Crippen LogP contribution is 2.09. The van der Waals surface area contributed by atoms with Crippen molar-refractivity contribution in [1.82, 2.24) is 26.6 Å². The number of nitrogens with one attached hydrogen (secondary N) is 5. The number of aliphatic hydroxyl groups is 1. The van der Waals surface area contributed by atoms with Gasteiger partial charge in [-0.15, -0.1) is 0 Å². The lowest BCUT2D eigenvalue weighted by atomic mass is 10.0. The first-order valence-electron chi connectivity index (χ1n) is 18.3. The van der Waals surface area contributed by atoms with E-state index in [-0.39, 0.29) is 51.4 Å². The molecular weight excluding hydrogens is 700 g/mol. The molecule has 0 bridgehead atoms. The number of nitrogens with two attached hydrogens (primary N) is 1. The Morgan fingerprint density at radius 2 is 1.07 bits per heavy atom. The van der Waals surface area contributed by atoms with Crippen molar-refractivity contribution in [1.29, 1.82) is 0 Å². The first-order chi connectivity index (χ1) is 26.0. The summed E-state index contributed by atoms with van der Waals surface area (Å²) in [5.74, 6) is -0.0883. The maximum absolute atomic E-state index is 13.1. The number of alkyl carbamates (subject to hydrolysis) is 4. The number of hydrogen-bond acceptors (Lipinski definition) is 11. The summed E-state index contributed by atoms with van der Waals surface area (Å²) in [6.45, 7) is 5.00. The lowest BCUT2D eigenvalue weighted by Gasteiger charge is -2.23. The molecule has 0 unspecified atom stereocenters. The van der Waals surface area contributed by atoms with Crippen LogP contribution in [0.15, 0.2) is 60.7 Å². The van der Waals surface area contributed by atoms with Gasteiger partial charge in [0.2, 0.25) is 5.91 Å². The monoisotopic (exact) mass is 758 g/mol. The molecule has 2 aromatic carbocycles. The van der Waals surface area contributed by atoms with E-state index >= 15 is 0 Å². The Labute approximate surface area is 317 Å². The van der Waals surface area contributed by atoms with Gasteiger partial charge in [0.15, 0.2) is 0 Å². The molecule has 2 aromatic rings. The van der Waals surface area contributed by atoms with Crippen LogP contribution in [0.5, 0.6) is 0 Å². The molecule has 0 aromatic heterocycles. The van der Waals surface area contributed by atoms with Crippen LogP contribution in [0.25, 0.3) is 0 Å². The number of hydrogen-bond donors (Lipinski definition) is 7. The fourth-order valence-electron chi connectivity index (χ4n) is 5.40. The van der Waals surface area contributed by atoms with Crippen molar-refractivity contribution in [2.75, 3.05) is 46.1 Å². The summed E-state index contributed by atoms with van der Waals surface area (Å²) in [6, 6.07) is 16.5. The molecule has 0 aliphatic carbocycles. The van der Waals surface area contributed by atoms with Crippen LogP contribution in [0.4, 0.5) is 19.2 Å². The van der Waals surface area contributed by atoms with Gasteiger partial charge >= 0.3 is 24.4 Å². The summed E-state index contributed by atoms with van der Waals surface area (Å²) in [5.41, 5.74) is 7.51. The van der Waals surface area contributed by atoms with E-state index in [1.807, 2.05) is 74.5 Å². The van der Waals surface area contributed by atoms with Gasteiger partial charge in [-0.05, 0) is 55.7 Å². The minimum atomic E-state index is -0.785. The molecule has 2 rings (SSSR count). The molecule has 0 spiro atoms. The highest BCUT2D eigenvalue weighted by molar-refractivity contribution is 5.73. The number of unbranched alkanes of at least 4 members (excludes halogenated alkanes) is 1. The van der Waals surface area contributed by atoms with Crippen molar-refractivity contribution in [2.45, 2.75) is 83.5 Å². The molecule has 54 heavy (non-hydrogen) atoms. The lowest BCUT2D eigenvalue weighted by molar-refractivity contribution is -0.120. The third-order valence-corrected chi connectivity index (χ3v) is 7.83. The smallest absolute Gasteiger partial charge is 0.407 e. The molecular formula is C38H58N6O10. The van der Waals surface area contributed by atoms with Gasteiger partial charge in [0, 0.05) is 13.5 Å². The van der Waals surface area contributed by atoms with E-state index in [1.54, 1.807) is 0 Å². The zero-order valence-corrected chi connectivity index (χ0v) is 31.6. The first kappa shape index (κ1) is 45.1. The molecule has 0 aliphatic heterocycles. The summed E-state index contributed by atoms with van der Waals surface area (Å²) < 4.78 is 21.6. The molecule has 0 heterocycles. The van der Waals surface area contributed by atoms with Gasteiger partial charge in [-0.2, -0.15) is 0 Å². The number of rotatable bonds is 24. The van der Waals surface area contributed by atoms with Gasteiger partial charge in [0.25, 0.3) is 0 Å². The molecule has 5 amide bonds. The molecule has 16 heteroatoms. The Morgan fingerprint density at radius 1 is 0.630 bits per heavy atom. The standard InChI is InChI=1S/C38H58N6O10/c1-27(2)20-32(24-51-35(47)40-18-19-45)43-37(49)54-26-34(22-30-14-8-5-9-15-30)44-38(50)52-23-31(16-10-11-17-39)42-36(48)53-25-33(41-28(3)46)21-29-12-6-4-7-13-29/h4-9,12-15,27,31-34,45H,10-11,16-26,39H2,1-3H3,(H,40,47)(H,41,46)(H,42,48)(H,43,49)(H,44,50)/t31-,32-,33-,34-/m0/s1. The summed E-state index contributed by atoms with van der Waals surface area (Å²) in [7, 11) is 0. The normalized spacial score (nSPS) is 13.0. The quantitative estimate of drug-likeness (QED) is 0.0608. The molecule has 0 radical (unpaired) electrons. The third-order valence-electron chi connectivity index (χ3n) is 7.83. The van der Waals surface area contributed by atoms with Crippen LogP contribution in [-0.2, 0) is 36.6 Å². The van der Waals surface area contributed by atoms with Gasteiger partial charge in [-0.3, -0.25) is 4.79 Å². The zero-order chi connectivity index (χ0) is 39.6. The van der Waals surface area contributed by atoms with Crippen molar-refractivity contribution in [3.63, 3.8) is 0 Å². The molecule has 0 fully saturated rings. The van der Waals surface area contributed by atoms with Crippen LogP contribution in [0.3, 0.4) is 0 Å². The van der Waals surface area contributed by atoms with Crippen LogP contribution < -0.4 is 32.3 Å². The average Bonchev–Trinajstić information content (AvgIpc) is 3.13. The van der Waals surface area contributed by atoms with E-state index in [1.165, 1.54) is 6.92 Å². The van der Waals surface area contributed by atoms with E-state index in [0.29, 0.717) is 45.1 Å². The van der Waals surface area contributed by atoms with Crippen LogP contribution in [0.2, 0.25) is 0 Å². The lowest BCUT2D eigenvalue weighted by Crippen LogP contribution is -2.46. The largest absolute Gasteiger partial charge is 0.447 e. The van der Waals surface area contributed by atoms with Gasteiger partial charge in [0.1, 0.15) is 26.4 Å². The van der Waals surface area contributed by atoms with Crippen molar-refractivity contribution < 1.29 is 48.0 Å². The van der Waals surface area contributed by atoms with Gasteiger partial charge in [-0.1, -0.05) is 80.9 Å². The summed E-state index contributed by atoms with van der Waals surface area (Å²) in [6.07, 6.45) is 0.0894. The van der Waals surface area contributed by atoms with Crippen LogP contribution in [0, 0.1) is 5.92 Å². The second kappa shape index (κ2) is 26.6. The molecule has 8 N–H and O–H groups in total. The Morgan fingerprint density at radius 3 is 1.56 bits per heavy atom. The minimum Gasteiger partial charge on any atom is -0.447 e. The van der Waals surface area contributed by atoms with Crippen LogP contribution >= 0.6 is 0 Å². The van der Waals surface area contributed by atoms with E-state index < -0.39 is 48.5 Å². The van der Waals surface area contributed by atoms with Gasteiger partial charge in [-0.25, -0.2) is 19.2 Å². The second-order valence-corrected chi connectivity index (χ2v) is 13.3. The Kier molecular flexibility index (Phi) is 22.2. The summed E-state index contributed by atoms with van der Waals surface area (Å²) in [4.78, 5) is 62.3. The molecule has 0 saturated carbocycles.